The summed E-state index contributed by atoms with van der Waals surface area (Å²) in [5.74, 6) is -1.58. The zero-order chi connectivity index (χ0) is 14.5. The molecule has 102 valence electrons. The molecule has 1 amide bonds. The van der Waals surface area contributed by atoms with E-state index in [0.717, 1.165) is 10.9 Å². The maximum atomic E-state index is 11.3. The van der Waals surface area contributed by atoms with Crippen molar-refractivity contribution >= 4 is 40.5 Å². The Morgan fingerprint density at radius 2 is 2.05 bits per heavy atom. The number of amides is 1. The molecule has 1 heterocycles. The number of carbonyl (C=O) groups is 2. The van der Waals surface area contributed by atoms with Gasteiger partial charge in [0.1, 0.15) is 6.54 Å². The molecule has 0 bridgehead atoms. The van der Waals surface area contributed by atoms with Gasteiger partial charge in [0.05, 0.1) is 11.2 Å². The molecule has 0 unspecified atom stereocenters. The summed E-state index contributed by atoms with van der Waals surface area (Å²) in [5.41, 5.74) is 1.32. The second-order valence-electron chi connectivity index (χ2n) is 4.02. The second kappa shape index (κ2) is 6.16. The van der Waals surface area contributed by atoms with Gasteiger partial charge in [0.15, 0.2) is 0 Å². The van der Waals surface area contributed by atoms with E-state index in [1.165, 1.54) is 12.2 Å². The van der Waals surface area contributed by atoms with Gasteiger partial charge in [0, 0.05) is 16.5 Å². The normalized spacial score (nSPS) is 10.8. The van der Waals surface area contributed by atoms with E-state index in [1.54, 1.807) is 18.2 Å². The first-order valence-corrected chi connectivity index (χ1v) is 6.16. The van der Waals surface area contributed by atoms with Gasteiger partial charge in [0.2, 0.25) is 5.91 Å². The highest BCUT2D eigenvalue weighted by molar-refractivity contribution is 6.31. The standard InChI is InChI=1S/C14H11ClN2O3/c15-10-3-1-9-2-4-11(17-12(9)7-10)5-6-13(18)16-8-14(19)20/h1-7H,8H2,(H,16,18)(H,19,20)/b6-5+. The first kappa shape index (κ1) is 14.0. The van der Waals surface area contributed by atoms with Crippen LogP contribution in [0.3, 0.4) is 0 Å². The van der Waals surface area contributed by atoms with Gasteiger partial charge in [-0.1, -0.05) is 23.7 Å². The number of benzene rings is 1. The van der Waals surface area contributed by atoms with E-state index in [-0.39, 0.29) is 0 Å². The number of nitrogens with one attached hydrogen (secondary N) is 1. The van der Waals surface area contributed by atoms with Crippen LogP contribution in [0, 0.1) is 0 Å². The van der Waals surface area contributed by atoms with Gasteiger partial charge in [-0.25, -0.2) is 4.98 Å². The van der Waals surface area contributed by atoms with E-state index >= 15 is 0 Å². The third-order valence-electron chi connectivity index (χ3n) is 2.50. The quantitative estimate of drug-likeness (QED) is 0.845. The number of hydrogen-bond donors (Lipinski definition) is 2. The van der Waals surface area contributed by atoms with Crippen molar-refractivity contribution in [1.82, 2.24) is 10.3 Å². The zero-order valence-electron chi connectivity index (χ0n) is 10.3. The maximum Gasteiger partial charge on any atom is 0.322 e. The molecule has 0 saturated carbocycles. The van der Waals surface area contributed by atoms with Crippen molar-refractivity contribution < 1.29 is 14.7 Å². The van der Waals surface area contributed by atoms with Crippen molar-refractivity contribution in [2.75, 3.05) is 6.54 Å². The van der Waals surface area contributed by atoms with E-state index in [0.29, 0.717) is 10.7 Å². The molecule has 0 atom stereocenters. The number of carboxylic acid groups (broad SMARTS) is 1. The van der Waals surface area contributed by atoms with Crippen LogP contribution in [0.15, 0.2) is 36.4 Å². The SMILES string of the molecule is O=C(O)CNC(=O)/C=C/c1ccc2ccc(Cl)cc2n1. The Bertz CT molecular complexity index is 698. The van der Waals surface area contributed by atoms with Crippen molar-refractivity contribution in [2.24, 2.45) is 0 Å². The van der Waals surface area contributed by atoms with Crippen LogP contribution in [0.1, 0.15) is 5.69 Å². The summed E-state index contributed by atoms with van der Waals surface area (Å²) < 4.78 is 0. The summed E-state index contributed by atoms with van der Waals surface area (Å²) in [6.07, 6.45) is 2.75. The van der Waals surface area contributed by atoms with Gasteiger partial charge in [-0.05, 0) is 24.3 Å². The third-order valence-corrected chi connectivity index (χ3v) is 2.73. The summed E-state index contributed by atoms with van der Waals surface area (Å²) in [6, 6.07) is 9.00. The fourth-order valence-corrected chi connectivity index (χ4v) is 1.75. The van der Waals surface area contributed by atoms with E-state index < -0.39 is 18.4 Å². The van der Waals surface area contributed by atoms with Gasteiger partial charge < -0.3 is 10.4 Å². The number of nitrogens with zero attached hydrogens (tertiary/aromatic N) is 1. The van der Waals surface area contributed by atoms with Crippen LogP contribution in [0.5, 0.6) is 0 Å². The fourth-order valence-electron chi connectivity index (χ4n) is 1.58. The lowest BCUT2D eigenvalue weighted by atomic mass is 10.2. The second-order valence-corrected chi connectivity index (χ2v) is 4.45. The van der Waals surface area contributed by atoms with Crippen molar-refractivity contribution in [1.29, 1.82) is 0 Å². The Kier molecular flexibility index (Phi) is 4.32. The summed E-state index contributed by atoms with van der Waals surface area (Å²) in [7, 11) is 0. The molecule has 0 aliphatic carbocycles. The molecule has 0 aliphatic rings. The number of fused-ring (bicyclic) bond motifs is 1. The van der Waals surface area contributed by atoms with Gasteiger partial charge in [-0.15, -0.1) is 0 Å². The van der Waals surface area contributed by atoms with Crippen molar-refractivity contribution in [3.8, 4) is 0 Å². The predicted octanol–water partition coefficient (Wildman–Crippen LogP) is 2.10. The molecule has 1 aromatic carbocycles. The van der Waals surface area contributed by atoms with Crippen molar-refractivity contribution in [3.63, 3.8) is 0 Å². The molecule has 5 nitrogen and oxygen atoms in total. The number of aromatic nitrogens is 1. The van der Waals surface area contributed by atoms with Crippen LogP contribution < -0.4 is 5.32 Å². The maximum absolute atomic E-state index is 11.3. The Morgan fingerprint density at radius 3 is 2.80 bits per heavy atom. The monoisotopic (exact) mass is 290 g/mol. The molecule has 2 rings (SSSR count). The molecule has 0 fully saturated rings. The van der Waals surface area contributed by atoms with Gasteiger partial charge in [-0.3, -0.25) is 9.59 Å². The fraction of sp³-hybridized carbons (Fsp3) is 0.0714. The van der Waals surface area contributed by atoms with Gasteiger partial charge >= 0.3 is 5.97 Å². The van der Waals surface area contributed by atoms with Crippen LogP contribution in [0.25, 0.3) is 17.0 Å². The topological polar surface area (TPSA) is 79.3 Å². The van der Waals surface area contributed by atoms with Gasteiger partial charge in [0.25, 0.3) is 0 Å². The summed E-state index contributed by atoms with van der Waals surface area (Å²) in [5, 5.41) is 12.2. The van der Waals surface area contributed by atoms with Crippen LogP contribution in [-0.2, 0) is 9.59 Å². The lowest BCUT2D eigenvalue weighted by Gasteiger charge is -2.00. The first-order valence-electron chi connectivity index (χ1n) is 5.78. The van der Waals surface area contributed by atoms with E-state index in [4.69, 9.17) is 16.7 Å². The van der Waals surface area contributed by atoms with Crippen molar-refractivity contribution in [3.05, 3.63) is 47.1 Å². The number of halogens is 1. The van der Waals surface area contributed by atoms with Crippen LogP contribution in [0.4, 0.5) is 0 Å². The molecule has 0 radical (unpaired) electrons. The number of rotatable bonds is 4. The summed E-state index contributed by atoms with van der Waals surface area (Å²) >= 11 is 5.89. The first-order chi connectivity index (χ1) is 9.54. The van der Waals surface area contributed by atoms with Crippen LogP contribution in [-0.4, -0.2) is 28.5 Å². The number of hydrogen-bond acceptors (Lipinski definition) is 3. The Balaban J connectivity index is 2.13. The number of aliphatic carboxylic acids is 1. The summed E-state index contributed by atoms with van der Waals surface area (Å²) in [4.78, 5) is 26.0. The van der Waals surface area contributed by atoms with Crippen LogP contribution >= 0.6 is 11.6 Å². The third kappa shape index (κ3) is 3.80. The Labute approximate surface area is 119 Å². The highest BCUT2D eigenvalue weighted by atomic mass is 35.5. The number of carboxylic acids is 1. The molecular weight excluding hydrogens is 280 g/mol. The smallest absolute Gasteiger partial charge is 0.322 e. The summed E-state index contributed by atoms with van der Waals surface area (Å²) in [6.45, 7) is -0.413. The molecule has 20 heavy (non-hydrogen) atoms. The lowest BCUT2D eigenvalue weighted by Crippen LogP contribution is -2.27. The van der Waals surface area contributed by atoms with E-state index in [2.05, 4.69) is 10.3 Å². The van der Waals surface area contributed by atoms with Crippen molar-refractivity contribution in [2.45, 2.75) is 0 Å². The highest BCUT2D eigenvalue weighted by Gasteiger charge is 2.00. The molecular formula is C14H11ClN2O3. The molecule has 0 aliphatic heterocycles. The van der Waals surface area contributed by atoms with E-state index in [1.807, 2.05) is 12.1 Å². The average molecular weight is 291 g/mol. The molecule has 2 aromatic rings. The minimum Gasteiger partial charge on any atom is -0.480 e. The van der Waals surface area contributed by atoms with Crippen LogP contribution in [0.2, 0.25) is 5.02 Å². The Hall–Kier alpha value is -2.40. The minimum absolute atomic E-state index is 0.413. The Morgan fingerprint density at radius 1 is 1.30 bits per heavy atom. The van der Waals surface area contributed by atoms with Gasteiger partial charge in [-0.2, -0.15) is 0 Å². The average Bonchev–Trinajstić information content (AvgIpc) is 2.42. The molecule has 0 saturated heterocycles. The zero-order valence-corrected chi connectivity index (χ0v) is 11.1. The molecule has 1 aromatic heterocycles. The number of carbonyl (C=O) groups excluding carboxylic acids is 1. The minimum atomic E-state index is -1.09. The van der Waals surface area contributed by atoms with E-state index in [9.17, 15) is 9.59 Å². The number of pyridine rings is 1. The largest absolute Gasteiger partial charge is 0.480 e. The molecule has 6 heteroatoms. The molecule has 0 spiro atoms. The predicted molar refractivity (Wildman–Crippen MR) is 76.4 cm³/mol. The molecule has 2 N–H and O–H groups in total. The highest BCUT2D eigenvalue weighted by Crippen LogP contribution is 2.18. The lowest BCUT2D eigenvalue weighted by molar-refractivity contribution is -0.137.